The predicted molar refractivity (Wildman–Crippen MR) is 87.1 cm³/mol. The third-order valence-corrected chi connectivity index (χ3v) is 4.51. The molecule has 2 aromatic rings. The highest BCUT2D eigenvalue weighted by Crippen LogP contribution is 2.37. The lowest BCUT2D eigenvalue weighted by atomic mass is 10.0. The van der Waals surface area contributed by atoms with Gasteiger partial charge in [0, 0.05) is 47.2 Å². The lowest BCUT2D eigenvalue weighted by Crippen LogP contribution is -2.39. The number of rotatable bonds is 2. The van der Waals surface area contributed by atoms with Crippen molar-refractivity contribution >= 4 is 28.9 Å². The zero-order valence-corrected chi connectivity index (χ0v) is 13.3. The van der Waals surface area contributed by atoms with Gasteiger partial charge in [-0.3, -0.25) is 0 Å². The topological polar surface area (TPSA) is 3.24 Å². The Morgan fingerprint density at radius 2 is 1.68 bits per heavy atom. The van der Waals surface area contributed by atoms with Gasteiger partial charge in [0.25, 0.3) is 5.92 Å². The first-order valence-corrected chi connectivity index (χ1v) is 7.80. The van der Waals surface area contributed by atoms with E-state index in [2.05, 4.69) is 6.07 Å². The third kappa shape index (κ3) is 3.21. The molecule has 1 fully saturated rings. The van der Waals surface area contributed by atoms with Gasteiger partial charge in [-0.15, -0.1) is 0 Å². The van der Waals surface area contributed by atoms with E-state index >= 15 is 0 Å². The summed E-state index contributed by atoms with van der Waals surface area (Å²) in [6.07, 6.45) is -0.242. The van der Waals surface area contributed by atoms with Crippen LogP contribution >= 0.6 is 23.2 Å². The second-order valence-electron chi connectivity index (χ2n) is 5.42. The fourth-order valence-corrected chi connectivity index (χ4v) is 3.27. The molecule has 1 saturated heterocycles. The highest BCUT2D eigenvalue weighted by atomic mass is 35.5. The van der Waals surface area contributed by atoms with Crippen LogP contribution in [-0.2, 0) is 0 Å². The van der Waals surface area contributed by atoms with Crippen molar-refractivity contribution in [2.24, 2.45) is 0 Å². The lowest BCUT2D eigenvalue weighted by molar-refractivity contribution is -0.0220. The van der Waals surface area contributed by atoms with E-state index in [1.165, 1.54) is 0 Å². The first kappa shape index (κ1) is 15.6. The summed E-state index contributed by atoms with van der Waals surface area (Å²) < 4.78 is 26.5. The molecule has 1 nitrogen and oxygen atoms in total. The van der Waals surface area contributed by atoms with E-state index in [-0.39, 0.29) is 12.8 Å². The molecular weight excluding hydrogens is 327 g/mol. The molecule has 0 bridgehead atoms. The Morgan fingerprint density at radius 3 is 2.32 bits per heavy atom. The molecule has 0 aromatic heterocycles. The van der Waals surface area contributed by atoms with Crippen LogP contribution in [0.2, 0.25) is 10.0 Å². The summed E-state index contributed by atoms with van der Waals surface area (Å²) in [5, 5.41) is 1.12. The van der Waals surface area contributed by atoms with Crippen molar-refractivity contribution in [3.8, 4) is 11.1 Å². The fraction of sp³-hybridized carbons (Fsp3) is 0.294. The van der Waals surface area contributed by atoms with Crippen molar-refractivity contribution in [3.63, 3.8) is 0 Å². The Hall–Kier alpha value is -1.32. The number of hydrogen-bond acceptors (Lipinski definition) is 1. The van der Waals surface area contributed by atoms with Gasteiger partial charge in [0.1, 0.15) is 0 Å². The number of halogens is 4. The minimum Gasteiger partial charge on any atom is -0.371 e. The standard InChI is InChI=1S/C17H14Cl2F2N/c18-14-5-2-6-15(19)16(14)12-3-1-4-13(11-12)22-9-7-17(20,21)8-10-22/h2-6,11H,7-10H2. The maximum absolute atomic E-state index is 13.3. The molecule has 1 radical (unpaired) electrons. The van der Waals surface area contributed by atoms with Crippen LogP contribution < -0.4 is 4.90 Å². The van der Waals surface area contributed by atoms with Gasteiger partial charge in [-0.05, 0) is 42.0 Å². The largest absolute Gasteiger partial charge is 0.371 e. The molecule has 0 atom stereocenters. The minimum atomic E-state index is -2.55. The average Bonchev–Trinajstić information content (AvgIpc) is 2.47. The Balaban J connectivity index is 1.91. The van der Waals surface area contributed by atoms with E-state index < -0.39 is 5.92 Å². The molecule has 0 saturated carbocycles. The first-order valence-electron chi connectivity index (χ1n) is 7.05. The molecule has 0 aliphatic carbocycles. The van der Waals surface area contributed by atoms with E-state index in [1.807, 2.05) is 11.0 Å². The van der Waals surface area contributed by atoms with Crippen LogP contribution in [0, 0.1) is 6.07 Å². The zero-order chi connectivity index (χ0) is 15.7. The second kappa shape index (κ2) is 6.05. The van der Waals surface area contributed by atoms with Crippen LogP contribution in [0.25, 0.3) is 11.1 Å². The van der Waals surface area contributed by atoms with Crippen molar-refractivity contribution in [2.45, 2.75) is 18.8 Å². The van der Waals surface area contributed by atoms with E-state index in [4.69, 9.17) is 23.2 Å². The number of piperidine rings is 1. The molecule has 0 spiro atoms. The van der Waals surface area contributed by atoms with Gasteiger partial charge in [-0.2, -0.15) is 0 Å². The van der Waals surface area contributed by atoms with E-state index in [1.54, 1.807) is 30.3 Å². The molecule has 1 aliphatic rings. The number of anilines is 1. The predicted octanol–water partition coefficient (Wildman–Crippen LogP) is 5.70. The molecule has 1 aliphatic heterocycles. The molecule has 0 amide bonds. The summed E-state index contributed by atoms with van der Waals surface area (Å²) in [6, 6.07) is 13.9. The zero-order valence-electron chi connectivity index (χ0n) is 11.8. The Kier molecular flexibility index (Phi) is 4.28. The summed E-state index contributed by atoms with van der Waals surface area (Å²) in [5.74, 6) is -2.55. The van der Waals surface area contributed by atoms with Crippen molar-refractivity contribution < 1.29 is 8.78 Å². The van der Waals surface area contributed by atoms with Gasteiger partial charge < -0.3 is 4.90 Å². The molecule has 0 unspecified atom stereocenters. The van der Waals surface area contributed by atoms with E-state index in [0.717, 1.165) is 16.8 Å². The van der Waals surface area contributed by atoms with Crippen LogP contribution in [0.3, 0.4) is 0 Å². The van der Waals surface area contributed by atoms with Gasteiger partial charge in [-0.25, -0.2) is 8.78 Å². The maximum atomic E-state index is 13.3. The van der Waals surface area contributed by atoms with Gasteiger partial charge in [0.05, 0.1) is 0 Å². The van der Waals surface area contributed by atoms with Crippen molar-refractivity contribution in [3.05, 3.63) is 52.5 Å². The normalized spacial score (nSPS) is 17.5. The highest BCUT2D eigenvalue weighted by Gasteiger charge is 2.34. The molecule has 1 heterocycles. The summed E-state index contributed by atoms with van der Waals surface area (Å²) in [4.78, 5) is 1.95. The molecule has 0 N–H and O–H groups in total. The van der Waals surface area contributed by atoms with Crippen molar-refractivity contribution in [1.82, 2.24) is 0 Å². The summed E-state index contributed by atoms with van der Waals surface area (Å²) >= 11 is 12.5. The molecular formula is C17H14Cl2F2N. The Morgan fingerprint density at radius 1 is 1.05 bits per heavy atom. The number of nitrogens with zero attached hydrogens (tertiary/aromatic N) is 1. The first-order chi connectivity index (χ1) is 10.5. The van der Waals surface area contributed by atoms with E-state index in [9.17, 15) is 8.78 Å². The smallest absolute Gasteiger partial charge is 0.251 e. The summed E-state index contributed by atoms with van der Waals surface area (Å²) in [5.41, 5.74) is 2.45. The van der Waals surface area contributed by atoms with Gasteiger partial charge in [-0.1, -0.05) is 29.3 Å². The lowest BCUT2D eigenvalue weighted by Gasteiger charge is -2.33. The van der Waals surface area contributed by atoms with Gasteiger partial charge >= 0.3 is 0 Å². The summed E-state index contributed by atoms with van der Waals surface area (Å²) in [6.45, 7) is 0.668. The number of hydrogen-bond donors (Lipinski definition) is 0. The third-order valence-electron chi connectivity index (χ3n) is 3.88. The highest BCUT2D eigenvalue weighted by molar-refractivity contribution is 6.39. The molecule has 5 heteroatoms. The Bertz CT molecular complexity index is 658. The van der Waals surface area contributed by atoms with Crippen LogP contribution in [-0.4, -0.2) is 19.0 Å². The molecule has 22 heavy (non-hydrogen) atoms. The Labute approximate surface area is 138 Å². The molecule has 2 aromatic carbocycles. The van der Waals surface area contributed by atoms with Crippen molar-refractivity contribution in [1.29, 1.82) is 0 Å². The number of benzene rings is 2. The molecule has 115 valence electrons. The van der Waals surface area contributed by atoms with Crippen LogP contribution in [0.4, 0.5) is 14.5 Å². The van der Waals surface area contributed by atoms with Crippen molar-refractivity contribution in [2.75, 3.05) is 18.0 Å². The quantitative estimate of drug-likeness (QED) is 0.678. The number of alkyl halides is 2. The van der Waals surface area contributed by atoms with Crippen LogP contribution in [0.5, 0.6) is 0 Å². The second-order valence-corrected chi connectivity index (χ2v) is 6.23. The summed E-state index contributed by atoms with van der Waals surface area (Å²) in [7, 11) is 0. The SMILES string of the molecule is FC1(F)CCN(c2c[c]cc(-c3c(Cl)cccc3Cl)c2)CC1. The minimum absolute atomic E-state index is 0.121. The average molecular weight is 341 g/mol. The monoisotopic (exact) mass is 340 g/mol. The van der Waals surface area contributed by atoms with E-state index in [0.29, 0.717) is 23.1 Å². The van der Waals surface area contributed by atoms with Crippen LogP contribution in [0.1, 0.15) is 12.8 Å². The van der Waals surface area contributed by atoms with Crippen LogP contribution in [0.15, 0.2) is 36.4 Å². The fourth-order valence-electron chi connectivity index (χ4n) is 2.65. The van der Waals surface area contributed by atoms with Gasteiger partial charge in [0.2, 0.25) is 0 Å². The molecule has 3 rings (SSSR count). The maximum Gasteiger partial charge on any atom is 0.251 e. The van der Waals surface area contributed by atoms with Gasteiger partial charge in [0.15, 0.2) is 0 Å².